The molecule has 0 aromatic heterocycles. The smallest absolute Gasteiger partial charge is 0.317 e. The predicted molar refractivity (Wildman–Crippen MR) is 99.4 cm³/mol. The van der Waals surface area contributed by atoms with Crippen molar-refractivity contribution >= 4 is 6.03 Å². The van der Waals surface area contributed by atoms with E-state index in [1.807, 2.05) is 24.3 Å². The number of nitrogens with one attached hydrogen (secondary N) is 1. The second-order valence-electron chi connectivity index (χ2n) is 6.73. The van der Waals surface area contributed by atoms with Gasteiger partial charge >= 0.3 is 6.03 Å². The third-order valence-electron chi connectivity index (χ3n) is 4.55. The van der Waals surface area contributed by atoms with Crippen molar-refractivity contribution in [1.29, 1.82) is 0 Å². The number of amides is 2. The Labute approximate surface area is 151 Å². The first-order valence-corrected chi connectivity index (χ1v) is 9.06. The Morgan fingerprint density at radius 1 is 1.32 bits per heavy atom. The third-order valence-corrected chi connectivity index (χ3v) is 4.55. The second kappa shape index (κ2) is 10.1. The molecular weight excluding hydrogens is 318 g/mol. The van der Waals surface area contributed by atoms with Crippen molar-refractivity contribution in [2.75, 3.05) is 53.5 Å². The Kier molecular flexibility index (Phi) is 7.85. The molecule has 1 aromatic rings. The molecule has 140 valence electrons. The van der Waals surface area contributed by atoms with Gasteiger partial charge in [0.1, 0.15) is 18.1 Å². The van der Waals surface area contributed by atoms with Gasteiger partial charge in [0, 0.05) is 26.7 Å². The Bertz CT molecular complexity index is 521. The highest BCUT2D eigenvalue weighted by molar-refractivity contribution is 5.73. The molecule has 1 aliphatic heterocycles. The summed E-state index contributed by atoms with van der Waals surface area (Å²) in [6.07, 6.45) is 2.58. The van der Waals surface area contributed by atoms with Crippen molar-refractivity contribution in [2.24, 2.45) is 5.92 Å². The van der Waals surface area contributed by atoms with Crippen LogP contribution in [0, 0.1) is 5.92 Å². The van der Waals surface area contributed by atoms with E-state index in [0.29, 0.717) is 19.7 Å². The van der Waals surface area contributed by atoms with Gasteiger partial charge in [-0.15, -0.1) is 0 Å². The molecule has 1 heterocycles. The lowest BCUT2D eigenvalue weighted by Gasteiger charge is -2.31. The van der Waals surface area contributed by atoms with Gasteiger partial charge in [0.05, 0.1) is 13.7 Å². The summed E-state index contributed by atoms with van der Waals surface area (Å²) >= 11 is 0. The average molecular weight is 349 g/mol. The normalized spacial score (nSPS) is 17.8. The zero-order valence-corrected chi connectivity index (χ0v) is 15.7. The van der Waals surface area contributed by atoms with Crippen molar-refractivity contribution in [1.82, 2.24) is 15.1 Å². The van der Waals surface area contributed by atoms with E-state index in [2.05, 4.69) is 17.1 Å². The summed E-state index contributed by atoms with van der Waals surface area (Å²) in [6.45, 7) is 7.19. The van der Waals surface area contributed by atoms with E-state index in [-0.39, 0.29) is 6.03 Å². The number of rotatable bonds is 8. The minimum absolute atomic E-state index is 0.0524. The van der Waals surface area contributed by atoms with Crippen LogP contribution in [0.1, 0.15) is 19.8 Å². The Morgan fingerprint density at radius 2 is 2.04 bits per heavy atom. The molecule has 0 saturated carbocycles. The topological polar surface area (TPSA) is 54.0 Å². The average Bonchev–Trinajstić information content (AvgIpc) is 2.62. The van der Waals surface area contributed by atoms with E-state index in [1.54, 1.807) is 19.1 Å². The maximum Gasteiger partial charge on any atom is 0.317 e. The fourth-order valence-electron chi connectivity index (χ4n) is 3.02. The van der Waals surface area contributed by atoms with E-state index in [9.17, 15) is 4.79 Å². The van der Waals surface area contributed by atoms with E-state index >= 15 is 0 Å². The van der Waals surface area contributed by atoms with Gasteiger partial charge in [0.25, 0.3) is 0 Å². The third kappa shape index (κ3) is 6.82. The quantitative estimate of drug-likeness (QED) is 0.783. The number of ether oxygens (including phenoxy) is 2. The lowest BCUT2D eigenvalue weighted by Crippen LogP contribution is -2.44. The molecule has 0 aliphatic carbocycles. The molecule has 0 radical (unpaired) electrons. The number of methoxy groups -OCH3 is 1. The number of nitrogens with zero attached hydrogens (tertiary/aromatic N) is 2. The fraction of sp³-hybridized carbons (Fsp3) is 0.632. The summed E-state index contributed by atoms with van der Waals surface area (Å²) in [5.41, 5.74) is 0. The van der Waals surface area contributed by atoms with E-state index in [0.717, 1.165) is 37.1 Å². The first-order chi connectivity index (χ1) is 12.1. The molecule has 1 saturated heterocycles. The van der Waals surface area contributed by atoms with Crippen molar-refractivity contribution < 1.29 is 14.3 Å². The van der Waals surface area contributed by atoms with E-state index < -0.39 is 0 Å². The van der Waals surface area contributed by atoms with Crippen molar-refractivity contribution in [3.63, 3.8) is 0 Å². The van der Waals surface area contributed by atoms with E-state index in [1.165, 1.54) is 12.8 Å². The lowest BCUT2D eigenvalue weighted by molar-refractivity contribution is 0.176. The number of hydrogen-bond donors (Lipinski definition) is 1. The SMILES string of the molecule is COc1ccc(OCCN(C)C(=O)NCCN2CCCC(C)C2)cc1. The Balaban J connectivity index is 1.59. The molecule has 2 amide bonds. The first-order valence-electron chi connectivity index (χ1n) is 9.06. The van der Waals surface area contributed by atoms with Crippen LogP contribution in [0.25, 0.3) is 0 Å². The maximum atomic E-state index is 12.1. The standard InChI is InChI=1S/C19H31N3O3/c1-16-5-4-11-22(15-16)12-10-20-19(23)21(2)13-14-25-18-8-6-17(24-3)7-9-18/h6-9,16H,4-5,10-15H2,1-3H3,(H,20,23). The van der Waals surface area contributed by atoms with Gasteiger partial charge in [0.2, 0.25) is 0 Å². The minimum atomic E-state index is -0.0524. The highest BCUT2D eigenvalue weighted by atomic mass is 16.5. The largest absolute Gasteiger partial charge is 0.497 e. The van der Waals surface area contributed by atoms with Crippen LogP contribution < -0.4 is 14.8 Å². The van der Waals surface area contributed by atoms with Crippen LogP contribution in [-0.2, 0) is 0 Å². The Morgan fingerprint density at radius 3 is 2.72 bits per heavy atom. The highest BCUT2D eigenvalue weighted by Crippen LogP contribution is 2.17. The van der Waals surface area contributed by atoms with Gasteiger partial charge in [-0.1, -0.05) is 6.92 Å². The summed E-state index contributed by atoms with van der Waals surface area (Å²) in [6, 6.07) is 7.38. The van der Waals surface area contributed by atoms with Gasteiger partial charge in [-0.25, -0.2) is 4.79 Å². The van der Waals surface area contributed by atoms with Crippen LogP contribution in [0.2, 0.25) is 0 Å². The molecule has 1 atom stereocenters. The van der Waals surface area contributed by atoms with Crippen molar-refractivity contribution in [2.45, 2.75) is 19.8 Å². The van der Waals surface area contributed by atoms with Gasteiger partial charge in [-0.3, -0.25) is 0 Å². The van der Waals surface area contributed by atoms with E-state index in [4.69, 9.17) is 9.47 Å². The van der Waals surface area contributed by atoms with Crippen molar-refractivity contribution in [3.8, 4) is 11.5 Å². The molecule has 0 bridgehead atoms. The predicted octanol–water partition coefficient (Wildman–Crippen LogP) is 2.45. The van der Waals surface area contributed by atoms with Gasteiger partial charge in [-0.05, 0) is 49.6 Å². The number of likely N-dealkylation sites (tertiary alicyclic amines) is 1. The van der Waals surface area contributed by atoms with Gasteiger partial charge in [0.15, 0.2) is 0 Å². The first kappa shape index (κ1) is 19.4. The number of piperidine rings is 1. The lowest BCUT2D eigenvalue weighted by atomic mass is 10.0. The van der Waals surface area contributed by atoms with Crippen LogP contribution >= 0.6 is 0 Å². The van der Waals surface area contributed by atoms with Crippen LogP contribution in [0.5, 0.6) is 11.5 Å². The molecule has 1 unspecified atom stereocenters. The summed E-state index contributed by atoms with van der Waals surface area (Å²) in [4.78, 5) is 16.2. The number of urea groups is 1. The van der Waals surface area contributed by atoms with Crippen molar-refractivity contribution in [3.05, 3.63) is 24.3 Å². The Hall–Kier alpha value is -1.95. The van der Waals surface area contributed by atoms with Gasteiger partial charge < -0.3 is 24.6 Å². The molecule has 1 fully saturated rings. The highest BCUT2D eigenvalue weighted by Gasteiger charge is 2.16. The number of likely N-dealkylation sites (N-methyl/N-ethyl adjacent to an activating group) is 1. The number of benzene rings is 1. The number of carbonyl (C=O) groups excluding carboxylic acids is 1. The number of carbonyl (C=O) groups is 1. The van der Waals surface area contributed by atoms with Gasteiger partial charge in [-0.2, -0.15) is 0 Å². The molecule has 1 aliphatic rings. The minimum Gasteiger partial charge on any atom is -0.497 e. The summed E-state index contributed by atoms with van der Waals surface area (Å²) < 4.78 is 10.8. The molecular formula is C19H31N3O3. The van der Waals surface area contributed by atoms with Crippen LogP contribution in [0.4, 0.5) is 4.79 Å². The van der Waals surface area contributed by atoms with Crippen LogP contribution in [0.3, 0.4) is 0 Å². The zero-order valence-electron chi connectivity index (χ0n) is 15.7. The fourth-order valence-corrected chi connectivity index (χ4v) is 3.02. The second-order valence-corrected chi connectivity index (χ2v) is 6.73. The maximum absolute atomic E-state index is 12.1. The van der Waals surface area contributed by atoms with Crippen LogP contribution in [-0.4, -0.2) is 69.3 Å². The van der Waals surface area contributed by atoms with Crippen LogP contribution in [0.15, 0.2) is 24.3 Å². The molecule has 1 aromatic carbocycles. The molecule has 2 rings (SSSR count). The molecule has 6 heteroatoms. The molecule has 1 N–H and O–H groups in total. The summed E-state index contributed by atoms with van der Waals surface area (Å²) in [7, 11) is 3.42. The monoisotopic (exact) mass is 349 g/mol. The summed E-state index contributed by atoms with van der Waals surface area (Å²) in [5, 5.41) is 2.98. The molecule has 25 heavy (non-hydrogen) atoms. The molecule has 6 nitrogen and oxygen atoms in total. The summed E-state index contributed by atoms with van der Waals surface area (Å²) in [5.74, 6) is 2.34. The molecule has 0 spiro atoms. The number of hydrogen-bond acceptors (Lipinski definition) is 4. The zero-order chi connectivity index (χ0) is 18.1.